The highest BCUT2D eigenvalue weighted by molar-refractivity contribution is 5.78. The summed E-state index contributed by atoms with van der Waals surface area (Å²) in [6, 6.07) is 12.1. The van der Waals surface area contributed by atoms with Gasteiger partial charge in [-0.15, -0.1) is 0 Å². The van der Waals surface area contributed by atoms with Crippen LogP contribution in [0, 0.1) is 0 Å². The lowest BCUT2D eigenvalue weighted by Crippen LogP contribution is -2.27. The van der Waals surface area contributed by atoms with Crippen LogP contribution in [0.15, 0.2) is 48.8 Å². The molecule has 0 bridgehead atoms. The van der Waals surface area contributed by atoms with Gasteiger partial charge in [-0.3, -0.25) is 4.79 Å². The van der Waals surface area contributed by atoms with Crippen LogP contribution in [-0.4, -0.2) is 29.7 Å². The van der Waals surface area contributed by atoms with Crippen molar-refractivity contribution >= 4 is 5.91 Å². The minimum atomic E-state index is 0.0754. The summed E-state index contributed by atoms with van der Waals surface area (Å²) in [5.74, 6) is 0.0754. The van der Waals surface area contributed by atoms with E-state index in [2.05, 4.69) is 9.88 Å². The number of nitrogens with one attached hydrogen (secondary N) is 1. The molecule has 25 heavy (non-hydrogen) atoms. The molecule has 134 valence electrons. The molecule has 0 aliphatic heterocycles. The fourth-order valence-corrected chi connectivity index (χ4v) is 3.32. The summed E-state index contributed by atoms with van der Waals surface area (Å²) in [6.07, 6.45) is 12.1. The molecule has 1 fully saturated rings. The van der Waals surface area contributed by atoms with Gasteiger partial charge in [0.15, 0.2) is 0 Å². The number of ether oxygens (including phenoxy) is 1. The maximum atomic E-state index is 12.0. The van der Waals surface area contributed by atoms with E-state index >= 15 is 0 Å². The molecule has 4 heteroatoms. The zero-order valence-electron chi connectivity index (χ0n) is 14.8. The third-order valence-corrected chi connectivity index (χ3v) is 4.75. The van der Waals surface area contributed by atoms with Gasteiger partial charge in [0.25, 0.3) is 0 Å². The number of amides is 1. The number of nitrogens with zero attached hydrogens (tertiary/aromatic N) is 1. The zero-order valence-corrected chi connectivity index (χ0v) is 14.8. The van der Waals surface area contributed by atoms with Crippen molar-refractivity contribution in [2.75, 3.05) is 13.2 Å². The molecule has 1 saturated carbocycles. The third-order valence-electron chi connectivity index (χ3n) is 4.75. The first-order chi connectivity index (χ1) is 12.3. The van der Waals surface area contributed by atoms with E-state index in [-0.39, 0.29) is 5.91 Å². The Kier molecular flexibility index (Phi) is 6.69. The summed E-state index contributed by atoms with van der Waals surface area (Å²) in [6.45, 7) is 1.43. The highest BCUT2D eigenvalue weighted by Gasteiger charge is 2.13. The second-order valence-electron chi connectivity index (χ2n) is 6.77. The lowest BCUT2D eigenvalue weighted by atomic mass is 9.98. The van der Waals surface area contributed by atoms with E-state index in [4.69, 9.17) is 4.74 Å². The number of aromatic nitrogens is 1. The SMILES string of the molecule is O=C(Cc1ccc(-n2cccc2)cc1)NCCCOC1CCCCC1. The number of hydrogen-bond donors (Lipinski definition) is 1. The van der Waals surface area contributed by atoms with Crippen molar-refractivity contribution in [1.82, 2.24) is 9.88 Å². The molecule has 3 rings (SSSR count). The molecule has 1 aliphatic carbocycles. The summed E-state index contributed by atoms with van der Waals surface area (Å²) >= 11 is 0. The maximum absolute atomic E-state index is 12.0. The molecule has 4 nitrogen and oxygen atoms in total. The van der Waals surface area contributed by atoms with Crippen LogP contribution in [0.3, 0.4) is 0 Å². The van der Waals surface area contributed by atoms with E-state index < -0.39 is 0 Å². The van der Waals surface area contributed by atoms with Crippen LogP contribution in [0.25, 0.3) is 5.69 Å². The summed E-state index contributed by atoms with van der Waals surface area (Å²) in [4.78, 5) is 12.0. The Hall–Kier alpha value is -2.07. The minimum Gasteiger partial charge on any atom is -0.378 e. The van der Waals surface area contributed by atoms with E-state index in [1.807, 2.05) is 48.8 Å². The average Bonchev–Trinajstić information content (AvgIpc) is 3.18. The monoisotopic (exact) mass is 340 g/mol. The van der Waals surface area contributed by atoms with Gasteiger partial charge in [0.1, 0.15) is 0 Å². The first kappa shape index (κ1) is 17.7. The Bertz CT molecular complexity index is 628. The van der Waals surface area contributed by atoms with E-state index in [1.54, 1.807) is 0 Å². The molecule has 1 heterocycles. The molecule has 0 saturated heterocycles. The lowest BCUT2D eigenvalue weighted by molar-refractivity contribution is -0.120. The smallest absolute Gasteiger partial charge is 0.224 e. The molecular weight excluding hydrogens is 312 g/mol. The molecule has 0 unspecified atom stereocenters. The Morgan fingerprint density at radius 3 is 2.52 bits per heavy atom. The molecule has 1 aliphatic rings. The maximum Gasteiger partial charge on any atom is 0.224 e. The number of benzene rings is 1. The second-order valence-corrected chi connectivity index (χ2v) is 6.77. The van der Waals surface area contributed by atoms with Crippen molar-refractivity contribution in [3.63, 3.8) is 0 Å². The van der Waals surface area contributed by atoms with Gasteiger partial charge in [-0.25, -0.2) is 0 Å². The Morgan fingerprint density at radius 2 is 1.80 bits per heavy atom. The van der Waals surface area contributed by atoms with Crippen LogP contribution in [0.2, 0.25) is 0 Å². The van der Waals surface area contributed by atoms with Gasteiger partial charge in [-0.2, -0.15) is 0 Å². The topological polar surface area (TPSA) is 43.3 Å². The summed E-state index contributed by atoms with van der Waals surface area (Å²) in [7, 11) is 0. The summed E-state index contributed by atoms with van der Waals surface area (Å²) < 4.78 is 7.93. The second kappa shape index (κ2) is 9.42. The molecule has 1 N–H and O–H groups in total. The van der Waals surface area contributed by atoms with E-state index in [1.165, 1.54) is 32.1 Å². The molecule has 0 atom stereocenters. The number of rotatable bonds is 8. The van der Waals surface area contributed by atoms with Crippen LogP contribution in [0.1, 0.15) is 44.1 Å². The van der Waals surface area contributed by atoms with Crippen LogP contribution in [0.4, 0.5) is 0 Å². The van der Waals surface area contributed by atoms with E-state index in [0.717, 1.165) is 24.3 Å². The van der Waals surface area contributed by atoms with E-state index in [9.17, 15) is 4.79 Å². The molecule has 1 amide bonds. The largest absolute Gasteiger partial charge is 0.378 e. The average molecular weight is 340 g/mol. The quantitative estimate of drug-likeness (QED) is 0.741. The fraction of sp³-hybridized carbons (Fsp3) is 0.476. The molecule has 1 aromatic heterocycles. The third kappa shape index (κ3) is 5.75. The molecule has 0 spiro atoms. The number of hydrogen-bond acceptors (Lipinski definition) is 2. The Morgan fingerprint density at radius 1 is 1.08 bits per heavy atom. The first-order valence-electron chi connectivity index (χ1n) is 9.42. The highest BCUT2D eigenvalue weighted by atomic mass is 16.5. The van der Waals surface area contributed by atoms with Crippen LogP contribution >= 0.6 is 0 Å². The van der Waals surface area contributed by atoms with Crippen molar-refractivity contribution in [3.8, 4) is 5.69 Å². The van der Waals surface area contributed by atoms with Crippen LogP contribution in [0.5, 0.6) is 0 Å². The van der Waals surface area contributed by atoms with Gasteiger partial charge in [0, 0.05) is 31.2 Å². The van der Waals surface area contributed by atoms with Crippen LogP contribution < -0.4 is 5.32 Å². The Balaban J connectivity index is 1.32. The van der Waals surface area contributed by atoms with Gasteiger partial charge in [-0.1, -0.05) is 31.4 Å². The first-order valence-corrected chi connectivity index (χ1v) is 9.42. The summed E-state index contributed by atoms with van der Waals surface area (Å²) in [5.41, 5.74) is 2.14. The zero-order chi connectivity index (χ0) is 17.3. The van der Waals surface area contributed by atoms with Crippen molar-refractivity contribution in [2.45, 2.75) is 51.0 Å². The lowest BCUT2D eigenvalue weighted by Gasteiger charge is -2.21. The fourth-order valence-electron chi connectivity index (χ4n) is 3.32. The standard InChI is InChI=1S/C21H28N2O2/c24-21(22-13-6-16-25-20-7-2-1-3-8-20)17-18-9-11-19(12-10-18)23-14-4-5-15-23/h4-5,9-12,14-15,20H,1-3,6-8,13,16-17H2,(H,22,24). The predicted molar refractivity (Wildman–Crippen MR) is 99.9 cm³/mol. The van der Waals surface area contributed by atoms with Crippen molar-refractivity contribution in [1.29, 1.82) is 0 Å². The van der Waals surface area contributed by atoms with Gasteiger partial charge in [0.2, 0.25) is 5.91 Å². The molecule has 2 aromatic rings. The predicted octanol–water partition coefficient (Wildman–Crippen LogP) is 3.88. The Labute approximate surface area is 150 Å². The van der Waals surface area contributed by atoms with Gasteiger partial charge >= 0.3 is 0 Å². The highest BCUT2D eigenvalue weighted by Crippen LogP contribution is 2.20. The molecule has 1 aromatic carbocycles. The number of carbonyl (C=O) groups excluding carboxylic acids is 1. The normalized spacial score (nSPS) is 15.2. The van der Waals surface area contributed by atoms with Gasteiger partial charge in [0.05, 0.1) is 12.5 Å². The van der Waals surface area contributed by atoms with Gasteiger partial charge < -0.3 is 14.6 Å². The minimum absolute atomic E-state index is 0.0754. The van der Waals surface area contributed by atoms with Gasteiger partial charge in [-0.05, 0) is 49.1 Å². The van der Waals surface area contributed by atoms with E-state index in [0.29, 0.717) is 19.1 Å². The molecular formula is C21H28N2O2. The summed E-state index contributed by atoms with van der Waals surface area (Å²) in [5, 5.41) is 2.99. The van der Waals surface area contributed by atoms with Crippen molar-refractivity contribution in [3.05, 3.63) is 54.4 Å². The van der Waals surface area contributed by atoms with Crippen molar-refractivity contribution < 1.29 is 9.53 Å². The van der Waals surface area contributed by atoms with Crippen molar-refractivity contribution in [2.24, 2.45) is 0 Å². The van der Waals surface area contributed by atoms with Crippen LogP contribution in [-0.2, 0) is 16.0 Å². The number of carbonyl (C=O) groups is 1. The molecule has 0 radical (unpaired) electrons.